The monoisotopic (exact) mass is 312 g/mol. The fourth-order valence-electron chi connectivity index (χ4n) is 1.55. The van der Waals surface area contributed by atoms with E-state index in [-0.39, 0.29) is 17.8 Å². The third-order valence-corrected chi connectivity index (χ3v) is 3.49. The van der Waals surface area contributed by atoms with Crippen LogP contribution in [0.15, 0.2) is 23.6 Å². The molecule has 0 aliphatic carbocycles. The lowest BCUT2D eigenvalue weighted by atomic mass is 10.2. The number of nitrogens with zero attached hydrogens (tertiary/aromatic N) is 1. The molecule has 2 N–H and O–H groups in total. The molecule has 0 saturated heterocycles. The summed E-state index contributed by atoms with van der Waals surface area (Å²) in [7, 11) is 0. The Morgan fingerprint density at radius 2 is 2.05 bits per heavy atom. The van der Waals surface area contributed by atoms with Gasteiger partial charge in [0.05, 0.1) is 5.01 Å². The topological polar surface area (TPSA) is 79.3 Å². The molecule has 1 aromatic heterocycles. The molecule has 0 fully saturated rings. The number of benzene rings is 1. The molecule has 5 nitrogen and oxygen atoms in total. The Kier molecular flexibility index (Phi) is 4.59. The highest BCUT2D eigenvalue weighted by atomic mass is 32.1. The summed E-state index contributed by atoms with van der Waals surface area (Å²) in [6, 6.07) is 2.88. The van der Waals surface area contributed by atoms with Crippen LogP contribution in [-0.2, 0) is 6.42 Å². The molecule has 1 heterocycles. The van der Waals surface area contributed by atoms with E-state index in [1.807, 2.05) is 0 Å². The first-order chi connectivity index (χ1) is 9.97. The zero-order valence-corrected chi connectivity index (χ0v) is 11.4. The summed E-state index contributed by atoms with van der Waals surface area (Å²) in [6.45, 7) is 0.213. The first-order valence-electron chi connectivity index (χ1n) is 5.88. The molecular weight excluding hydrogens is 302 g/mol. The van der Waals surface area contributed by atoms with Gasteiger partial charge >= 0.3 is 5.97 Å². The Morgan fingerprint density at radius 3 is 2.67 bits per heavy atom. The highest BCUT2D eigenvalue weighted by Crippen LogP contribution is 2.11. The molecule has 0 unspecified atom stereocenters. The van der Waals surface area contributed by atoms with E-state index in [1.165, 1.54) is 22.8 Å². The SMILES string of the molecule is O=C(NCCc1nc(C(=O)O)cs1)c1ccc(F)c(F)c1. The number of thiazole rings is 1. The predicted molar refractivity (Wildman–Crippen MR) is 71.5 cm³/mol. The van der Waals surface area contributed by atoms with E-state index in [2.05, 4.69) is 10.3 Å². The zero-order valence-electron chi connectivity index (χ0n) is 10.6. The van der Waals surface area contributed by atoms with Crippen molar-refractivity contribution >= 4 is 23.2 Å². The second-order valence-electron chi connectivity index (χ2n) is 4.07. The third-order valence-electron chi connectivity index (χ3n) is 2.58. The van der Waals surface area contributed by atoms with Crippen LogP contribution in [0.1, 0.15) is 25.9 Å². The molecule has 1 aromatic carbocycles. The van der Waals surface area contributed by atoms with Crippen LogP contribution in [0.4, 0.5) is 8.78 Å². The van der Waals surface area contributed by atoms with E-state index in [9.17, 15) is 18.4 Å². The Bertz CT molecular complexity index is 688. The Morgan fingerprint density at radius 1 is 1.29 bits per heavy atom. The fourth-order valence-corrected chi connectivity index (χ4v) is 2.32. The van der Waals surface area contributed by atoms with Gasteiger partial charge in [-0.2, -0.15) is 0 Å². The maximum Gasteiger partial charge on any atom is 0.355 e. The average Bonchev–Trinajstić information content (AvgIpc) is 2.91. The van der Waals surface area contributed by atoms with Crippen LogP contribution >= 0.6 is 11.3 Å². The first-order valence-corrected chi connectivity index (χ1v) is 6.76. The van der Waals surface area contributed by atoms with Gasteiger partial charge in [0.15, 0.2) is 17.3 Å². The van der Waals surface area contributed by atoms with Gasteiger partial charge in [-0.15, -0.1) is 11.3 Å². The van der Waals surface area contributed by atoms with Gasteiger partial charge in [-0.1, -0.05) is 0 Å². The van der Waals surface area contributed by atoms with E-state index in [4.69, 9.17) is 5.11 Å². The Balaban J connectivity index is 1.88. The number of carboxylic acids is 1. The molecule has 0 aliphatic rings. The summed E-state index contributed by atoms with van der Waals surface area (Å²) in [5.41, 5.74) is -0.0267. The molecule has 0 spiro atoms. The minimum atomic E-state index is -1.11. The number of halogens is 2. The molecule has 21 heavy (non-hydrogen) atoms. The number of amides is 1. The highest BCUT2D eigenvalue weighted by Gasteiger charge is 2.11. The van der Waals surface area contributed by atoms with Crippen molar-refractivity contribution < 1.29 is 23.5 Å². The molecule has 0 aliphatic heterocycles. The summed E-state index contributed by atoms with van der Waals surface area (Å²) in [4.78, 5) is 26.2. The molecule has 2 rings (SSSR count). The number of aromatic carboxylic acids is 1. The summed E-state index contributed by atoms with van der Waals surface area (Å²) >= 11 is 1.18. The molecule has 0 atom stereocenters. The molecule has 0 bridgehead atoms. The first kappa shape index (κ1) is 15.0. The third kappa shape index (κ3) is 3.82. The summed E-state index contributed by atoms with van der Waals surface area (Å²) in [5, 5.41) is 13.2. The van der Waals surface area contributed by atoms with E-state index in [0.29, 0.717) is 11.4 Å². The van der Waals surface area contributed by atoms with Crippen LogP contribution in [-0.4, -0.2) is 28.5 Å². The van der Waals surface area contributed by atoms with Gasteiger partial charge < -0.3 is 10.4 Å². The van der Waals surface area contributed by atoms with Crippen molar-refractivity contribution in [2.45, 2.75) is 6.42 Å². The number of hydrogen-bond donors (Lipinski definition) is 2. The van der Waals surface area contributed by atoms with Gasteiger partial charge in [-0.25, -0.2) is 18.6 Å². The second-order valence-corrected chi connectivity index (χ2v) is 5.01. The quantitative estimate of drug-likeness (QED) is 0.886. The molecule has 8 heteroatoms. The molecule has 0 radical (unpaired) electrons. The van der Waals surface area contributed by atoms with Crippen molar-refractivity contribution in [3.63, 3.8) is 0 Å². The van der Waals surface area contributed by atoms with Gasteiger partial charge in [0.2, 0.25) is 0 Å². The smallest absolute Gasteiger partial charge is 0.355 e. The Labute approximate surface area is 122 Å². The summed E-state index contributed by atoms with van der Waals surface area (Å²) < 4.78 is 25.7. The lowest BCUT2D eigenvalue weighted by molar-refractivity contribution is 0.0690. The van der Waals surface area contributed by atoms with Gasteiger partial charge in [-0.3, -0.25) is 4.79 Å². The largest absolute Gasteiger partial charge is 0.476 e. The normalized spacial score (nSPS) is 10.4. The number of nitrogens with one attached hydrogen (secondary N) is 1. The van der Waals surface area contributed by atoms with Crippen LogP contribution < -0.4 is 5.32 Å². The van der Waals surface area contributed by atoms with Crippen molar-refractivity contribution in [1.82, 2.24) is 10.3 Å². The maximum absolute atomic E-state index is 13.0. The number of hydrogen-bond acceptors (Lipinski definition) is 4. The summed E-state index contributed by atoms with van der Waals surface area (Å²) in [6.07, 6.45) is 0.355. The molecule has 0 saturated carbocycles. The van der Waals surface area contributed by atoms with Crippen molar-refractivity contribution in [2.24, 2.45) is 0 Å². The lowest BCUT2D eigenvalue weighted by Gasteiger charge is -2.04. The van der Waals surface area contributed by atoms with Gasteiger partial charge in [0, 0.05) is 23.9 Å². The van der Waals surface area contributed by atoms with Crippen LogP contribution in [0.2, 0.25) is 0 Å². The van der Waals surface area contributed by atoms with Crippen LogP contribution in [0.25, 0.3) is 0 Å². The number of aromatic nitrogens is 1. The number of carbonyl (C=O) groups is 2. The van der Waals surface area contributed by atoms with Crippen molar-refractivity contribution in [3.8, 4) is 0 Å². The Hall–Kier alpha value is -2.35. The average molecular weight is 312 g/mol. The summed E-state index contributed by atoms with van der Waals surface area (Å²) in [5.74, 6) is -3.75. The van der Waals surface area contributed by atoms with Crippen molar-refractivity contribution in [1.29, 1.82) is 0 Å². The number of carboxylic acid groups (broad SMARTS) is 1. The van der Waals surface area contributed by atoms with Crippen LogP contribution in [0, 0.1) is 11.6 Å². The minimum Gasteiger partial charge on any atom is -0.476 e. The molecule has 1 amide bonds. The molecule has 110 valence electrons. The van der Waals surface area contributed by atoms with Crippen LogP contribution in [0.3, 0.4) is 0 Å². The zero-order chi connectivity index (χ0) is 15.4. The van der Waals surface area contributed by atoms with Crippen molar-refractivity contribution in [3.05, 3.63) is 51.5 Å². The van der Waals surface area contributed by atoms with Gasteiger partial charge in [0.25, 0.3) is 5.91 Å². The molecule has 2 aromatic rings. The van der Waals surface area contributed by atoms with Gasteiger partial charge in [-0.05, 0) is 18.2 Å². The van der Waals surface area contributed by atoms with Crippen molar-refractivity contribution in [2.75, 3.05) is 6.54 Å². The van der Waals surface area contributed by atoms with Crippen LogP contribution in [0.5, 0.6) is 0 Å². The van der Waals surface area contributed by atoms with E-state index < -0.39 is 23.5 Å². The standard InChI is InChI=1S/C13H10F2N2O3S/c14-8-2-1-7(5-9(8)15)12(18)16-4-3-11-17-10(6-21-11)13(19)20/h1-2,5-6H,3-4H2,(H,16,18)(H,19,20). The fraction of sp³-hybridized carbons (Fsp3) is 0.154. The number of rotatable bonds is 5. The maximum atomic E-state index is 13.0. The van der Waals surface area contributed by atoms with Gasteiger partial charge in [0.1, 0.15) is 0 Å². The lowest BCUT2D eigenvalue weighted by Crippen LogP contribution is -2.25. The predicted octanol–water partition coefficient (Wildman–Crippen LogP) is 2.09. The molecular formula is C13H10F2N2O3S. The van der Waals surface area contributed by atoms with E-state index in [0.717, 1.165) is 12.1 Å². The van der Waals surface area contributed by atoms with E-state index in [1.54, 1.807) is 0 Å². The minimum absolute atomic E-state index is 0.0132. The highest BCUT2D eigenvalue weighted by molar-refractivity contribution is 7.09. The number of carbonyl (C=O) groups excluding carboxylic acids is 1. The second kappa shape index (κ2) is 6.40. The van der Waals surface area contributed by atoms with E-state index >= 15 is 0 Å².